The zero-order valence-corrected chi connectivity index (χ0v) is 20.2. The first-order valence-corrected chi connectivity index (χ1v) is 12.0. The Morgan fingerprint density at radius 2 is 1.79 bits per heavy atom. The lowest BCUT2D eigenvalue weighted by atomic mass is 10.0. The second kappa shape index (κ2) is 9.33. The smallest absolute Gasteiger partial charge is 0.280 e. The van der Waals surface area contributed by atoms with Crippen LogP contribution in [0.4, 0.5) is 0 Å². The van der Waals surface area contributed by atoms with Crippen molar-refractivity contribution in [2.45, 2.75) is 20.4 Å². The van der Waals surface area contributed by atoms with Crippen molar-refractivity contribution in [3.05, 3.63) is 94.3 Å². The molecular weight excluding hydrogens is 442 g/mol. The number of methoxy groups -OCH3 is 1. The molecule has 0 aliphatic carbocycles. The molecule has 170 valence electrons. The van der Waals surface area contributed by atoms with E-state index in [1.165, 1.54) is 16.9 Å². The standard InChI is InChI=1S/C28H25N3O2S/c1-18-15-19(2)26-25(16-18)34-28(31(26)13-14-33-3)30-27(32)22-17-24(20-9-5-4-6-10-20)29-23-12-8-7-11-21(22)23/h4-12,15-17H,13-14H2,1-3H3. The number of hydrogen-bond acceptors (Lipinski definition) is 4. The fourth-order valence-corrected chi connectivity index (χ4v) is 5.55. The van der Waals surface area contributed by atoms with E-state index in [-0.39, 0.29) is 5.91 Å². The van der Waals surface area contributed by atoms with Gasteiger partial charge in [0.25, 0.3) is 5.91 Å². The summed E-state index contributed by atoms with van der Waals surface area (Å²) in [6.45, 7) is 5.34. The van der Waals surface area contributed by atoms with E-state index in [0.29, 0.717) is 23.5 Å². The monoisotopic (exact) mass is 467 g/mol. The highest BCUT2D eigenvalue weighted by Gasteiger charge is 2.16. The number of carbonyl (C=O) groups excluding carboxylic acids is 1. The number of thiazole rings is 1. The van der Waals surface area contributed by atoms with Gasteiger partial charge in [0.15, 0.2) is 4.80 Å². The predicted octanol–water partition coefficient (Wildman–Crippen LogP) is 5.92. The van der Waals surface area contributed by atoms with E-state index in [9.17, 15) is 4.79 Å². The third-order valence-electron chi connectivity index (χ3n) is 5.84. The maximum absolute atomic E-state index is 13.6. The largest absolute Gasteiger partial charge is 0.383 e. The molecule has 0 saturated carbocycles. The molecule has 5 rings (SSSR count). The lowest BCUT2D eigenvalue weighted by Gasteiger charge is -2.08. The molecule has 5 nitrogen and oxygen atoms in total. The Morgan fingerprint density at radius 3 is 2.59 bits per heavy atom. The summed E-state index contributed by atoms with van der Waals surface area (Å²) in [7, 11) is 1.68. The number of aryl methyl sites for hydroxylation is 2. The van der Waals surface area contributed by atoms with Crippen LogP contribution in [0.5, 0.6) is 0 Å². The lowest BCUT2D eigenvalue weighted by molar-refractivity contribution is 0.0999. The summed E-state index contributed by atoms with van der Waals surface area (Å²) in [6.07, 6.45) is 0. The van der Waals surface area contributed by atoms with Gasteiger partial charge in [-0.3, -0.25) is 4.79 Å². The second-order valence-electron chi connectivity index (χ2n) is 8.31. The molecule has 0 radical (unpaired) electrons. The summed E-state index contributed by atoms with van der Waals surface area (Å²) in [4.78, 5) is 23.7. The number of hydrogen-bond donors (Lipinski definition) is 0. The molecular formula is C28H25N3O2S. The van der Waals surface area contributed by atoms with Crippen LogP contribution in [-0.4, -0.2) is 29.2 Å². The molecule has 34 heavy (non-hydrogen) atoms. The molecule has 0 atom stereocenters. The molecule has 1 amide bonds. The van der Waals surface area contributed by atoms with Crippen LogP contribution >= 0.6 is 11.3 Å². The van der Waals surface area contributed by atoms with Gasteiger partial charge in [-0.25, -0.2) is 4.98 Å². The van der Waals surface area contributed by atoms with Gasteiger partial charge in [0.1, 0.15) is 0 Å². The molecule has 0 aliphatic rings. The molecule has 5 aromatic rings. The van der Waals surface area contributed by atoms with Crippen molar-refractivity contribution in [3.63, 3.8) is 0 Å². The molecule has 0 saturated heterocycles. The number of ether oxygens (including phenoxy) is 1. The number of benzene rings is 3. The summed E-state index contributed by atoms with van der Waals surface area (Å²) in [5.74, 6) is -0.275. The minimum atomic E-state index is -0.275. The number of nitrogens with zero attached hydrogens (tertiary/aromatic N) is 3. The molecule has 0 bridgehead atoms. The Labute approximate surface area is 202 Å². The second-order valence-corrected chi connectivity index (χ2v) is 9.32. The van der Waals surface area contributed by atoms with Crippen LogP contribution in [-0.2, 0) is 11.3 Å². The van der Waals surface area contributed by atoms with Crippen LogP contribution in [0, 0.1) is 13.8 Å². The van der Waals surface area contributed by atoms with Gasteiger partial charge in [-0.2, -0.15) is 4.99 Å². The minimum Gasteiger partial charge on any atom is -0.383 e. The third kappa shape index (κ3) is 4.18. The summed E-state index contributed by atoms with van der Waals surface area (Å²) in [5.41, 5.74) is 6.50. The molecule has 0 unspecified atom stereocenters. The molecule has 0 fully saturated rings. The highest BCUT2D eigenvalue weighted by atomic mass is 32.1. The summed E-state index contributed by atoms with van der Waals surface area (Å²) >= 11 is 1.54. The van der Waals surface area contributed by atoms with Crippen LogP contribution < -0.4 is 4.80 Å². The van der Waals surface area contributed by atoms with Crippen LogP contribution in [0.25, 0.3) is 32.4 Å². The fourth-order valence-electron chi connectivity index (χ4n) is 4.32. The lowest BCUT2D eigenvalue weighted by Crippen LogP contribution is -2.20. The van der Waals surface area contributed by atoms with E-state index < -0.39 is 0 Å². The van der Waals surface area contributed by atoms with Gasteiger partial charge in [-0.05, 0) is 43.2 Å². The van der Waals surface area contributed by atoms with E-state index in [1.807, 2.05) is 60.7 Å². The van der Waals surface area contributed by atoms with Gasteiger partial charge in [-0.1, -0.05) is 65.9 Å². The van der Waals surface area contributed by atoms with Crippen molar-refractivity contribution >= 4 is 38.4 Å². The van der Waals surface area contributed by atoms with Crippen molar-refractivity contribution in [2.75, 3.05) is 13.7 Å². The third-order valence-corrected chi connectivity index (χ3v) is 6.87. The van der Waals surface area contributed by atoms with Gasteiger partial charge in [-0.15, -0.1) is 0 Å². The normalized spacial score (nSPS) is 12.0. The van der Waals surface area contributed by atoms with E-state index in [1.54, 1.807) is 7.11 Å². The molecule has 0 N–H and O–H groups in total. The van der Waals surface area contributed by atoms with Gasteiger partial charge < -0.3 is 9.30 Å². The number of pyridine rings is 1. The summed E-state index contributed by atoms with van der Waals surface area (Å²) < 4.78 is 8.55. The van der Waals surface area contributed by atoms with Crippen molar-refractivity contribution in [1.82, 2.24) is 9.55 Å². The molecule has 2 heterocycles. The molecule has 3 aromatic carbocycles. The Hall–Kier alpha value is -3.61. The highest BCUT2D eigenvalue weighted by Crippen LogP contribution is 2.26. The van der Waals surface area contributed by atoms with Crippen molar-refractivity contribution in [2.24, 2.45) is 4.99 Å². The molecule has 2 aromatic heterocycles. The van der Waals surface area contributed by atoms with Gasteiger partial charge in [0, 0.05) is 24.6 Å². The van der Waals surface area contributed by atoms with Gasteiger partial charge in [0.05, 0.1) is 33.6 Å². The molecule has 0 spiro atoms. The van der Waals surface area contributed by atoms with Crippen molar-refractivity contribution in [1.29, 1.82) is 0 Å². The van der Waals surface area contributed by atoms with E-state index in [2.05, 4.69) is 35.5 Å². The highest BCUT2D eigenvalue weighted by molar-refractivity contribution is 7.16. The Balaban J connectivity index is 1.71. The minimum absolute atomic E-state index is 0.275. The van der Waals surface area contributed by atoms with E-state index in [4.69, 9.17) is 9.72 Å². The first-order valence-electron chi connectivity index (χ1n) is 11.2. The predicted molar refractivity (Wildman–Crippen MR) is 138 cm³/mol. The average Bonchev–Trinajstić information content (AvgIpc) is 3.19. The number of carbonyl (C=O) groups is 1. The quantitative estimate of drug-likeness (QED) is 0.322. The van der Waals surface area contributed by atoms with Gasteiger partial charge >= 0.3 is 0 Å². The number of para-hydroxylation sites is 1. The van der Waals surface area contributed by atoms with Crippen molar-refractivity contribution in [3.8, 4) is 11.3 Å². The fraction of sp³-hybridized carbons (Fsp3) is 0.179. The van der Waals surface area contributed by atoms with Crippen LogP contribution in [0.1, 0.15) is 21.5 Å². The first-order chi connectivity index (χ1) is 16.5. The Morgan fingerprint density at radius 1 is 1.03 bits per heavy atom. The Bertz CT molecular complexity index is 1580. The number of aromatic nitrogens is 2. The molecule has 0 aliphatic heterocycles. The van der Waals surface area contributed by atoms with E-state index >= 15 is 0 Å². The maximum atomic E-state index is 13.6. The number of rotatable bonds is 5. The summed E-state index contributed by atoms with van der Waals surface area (Å²) in [6, 6.07) is 23.8. The van der Waals surface area contributed by atoms with Crippen molar-refractivity contribution < 1.29 is 9.53 Å². The van der Waals surface area contributed by atoms with Gasteiger partial charge in [0.2, 0.25) is 0 Å². The SMILES string of the molecule is COCCn1c(=NC(=O)c2cc(-c3ccccc3)nc3ccccc23)sc2cc(C)cc(C)c21. The number of fused-ring (bicyclic) bond motifs is 2. The van der Waals surface area contributed by atoms with Crippen LogP contribution in [0.15, 0.2) is 77.8 Å². The maximum Gasteiger partial charge on any atom is 0.280 e. The van der Waals surface area contributed by atoms with Crippen LogP contribution in [0.3, 0.4) is 0 Å². The summed E-state index contributed by atoms with van der Waals surface area (Å²) in [5, 5.41) is 0.799. The zero-order chi connectivity index (χ0) is 23.7. The first kappa shape index (κ1) is 22.2. The molecule has 6 heteroatoms. The van der Waals surface area contributed by atoms with Crippen LogP contribution in [0.2, 0.25) is 0 Å². The van der Waals surface area contributed by atoms with E-state index in [0.717, 1.165) is 37.9 Å². The Kier molecular flexibility index (Phi) is 6.09. The average molecular weight is 468 g/mol. The zero-order valence-electron chi connectivity index (χ0n) is 19.4. The number of amides is 1. The topological polar surface area (TPSA) is 56.5 Å².